The summed E-state index contributed by atoms with van der Waals surface area (Å²) in [4.78, 5) is 31.3. The number of likely N-dealkylation sites (N-methyl/N-ethyl adjacent to an activating group) is 1. The van der Waals surface area contributed by atoms with Crippen LogP contribution in [0.25, 0.3) is 0 Å². The Bertz CT molecular complexity index is 481. The van der Waals surface area contributed by atoms with Gasteiger partial charge >= 0.3 is 7.60 Å². The van der Waals surface area contributed by atoms with Gasteiger partial charge in [-0.25, -0.2) is 4.39 Å². The molecular weight excluding hydrogens is 357 g/mol. The van der Waals surface area contributed by atoms with Crippen LogP contribution in [-0.4, -0.2) is 99.6 Å². The van der Waals surface area contributed by atoms with Gasteiger partial charge in [-0.2, -0.15) is 0 Å². The Labute approximate surface area is 147 Å². The van der Waals surface area contributed by atoms with E-state index >= 15 is 0 Å². The van der Waals surface area contributed by atoms with Crippen LogP contribution in [0.4, 0.5) is 4.39 Å². The predicted octanol–water partition coefficient (Wildman–Crippen LogP) is -1.18. The first-order chi connectivity index (χ1) is 11.6. The molecule has 25 heavy (non-hydrogen) atoms. The van der Waals surface area contributed by atoms with Crippen molar-refractivity contribution in [2.24, 2.45) is 0 Å². The number of nitrogens with one attached hydrogen (secondary N) is 1. The normalized spacial score (nSPS) is 28.3. The lowest BCUT2D eigenvalue weighted by atomic mass is 9.92. The van der Waals surface area contributed by atoms with E-state index in [9.17, 15) is 13.8 Å². The number of methoxy groups -OCH3 is 1. The Morgan fingerprint density at radius 1 is 1.44 bits per heavy atom. The van der Waals surface area contributed by atoms with Crippen molar-refractivity contribution < 1.29 is 37.7 Å². The zero-order chi connectivity index (χ0) is 19.2. The summed E-state index contributed by atoms with van der Waals surface area (Å²) in [5, 5.41) is 2.66. The fraction of sp³-hybridized carbons (Fsp3) is 0.923. The van der Waals surface area contributed by atoms with Crippen molar-refractivity contribution in [2.75, 3.05) is 40.9 Å². The quantitative estimate of drug-likeness (QED) is 0.319. The van der Waals surface area contributed by atoms with E-state index < -0.39 is 44.2 Å². The van der Waals surface area contributed by atoms with E-state index in [0.717, 1.165) is 0 Å². The monoisotopic (exact) mass is 382 g/mol. The minimum absolute atomic E-state index is 0.292. The van der Waals surface area contributed by atoms with Crippen LogP contribution in [0.2, 0.25) is 0 Å². The van der Waals surface area contributed by atoms with E-state index in [-0.39, 0.29) is 12.5 Å². The number of hydrogen-bond donors (Lipinski definition) is 3. The second kappa shape index (κ2) is 9.96. The lowest BCUT2D eigenvalue weighted by Crippen LogP contribution is -2.41. The highest BCUT2D eigenvalue weighted by molar-refractivity contribution is 7.52. The SMILES string of the molecule is [B][C@@H]1O[C@H](CC(F)P(=O)(O)O)[C@@H](OC)[C@H]1OCC(=O)NCCN(C)C. The number of hydrogen-bond acceptors (Lipinski definition) is 6. The molecule has 144 valence electrons. The van der Waals surface area contributed by atoms with Crippen LogP contribution < -0.4 is 5.32 Å². The molecule has 1 unspecified atom stereocenters. The van der Waals surface area contributed by atoms with Crippen LogP contribution in [-0.2, 0) is 23.6 Å². The molecule has 1 aliphatic heterocycles. The lowest BCUT2D eigenvalue weighted by Gasteiger charge is -2.23. The minimum atomic E-state index is -4.89. The maximum absolute atomic E-state index is 13.6. The molecule has 3 N–H and O–H groups in total. The first-order valence-electron chi connectivity index (χ1n) is 7.72. The molecule has 9 nitrogen and oxygen atoms in total. The van der Waals surface area contributed by atoms with Crippen molar-refractivity contribution in [3.63, 3.8) is 0 Å². The van der Waals surface area contributed by atoms with Crippen molar-refractivity contribution in [3.05, 3.63) is 0 Å². The van der Waals surface area contributed by atoms with Gasteiger partial charge in [-0.3, -0.25) is 9.36 Å². The van der Waals surface area contributed by atoms with Crippen molar-refractivity contribution >= 4 is 21.3 Å². The van der Waals surface area contributed by atoms with Gasteiger partial charge in [-0.05, 0) is 14.1 Å². The standard InChI is InChI=1S/C13H25BFN2O7P/c1-17(2)5-4-16-10(18)7-23-12-11(22-3)8(24-13(12)14)6-9(15)25(19,20)21/h8-9,11-13H,4-7H2,1-3H3,(H,16,18)(H2,19,20,21)/t8-,9?,11-,12-,13-/m1/s1. The molecule has 0 spiro atoms. The topological polar surface area (TPSA) is 118 Å². The molecule has 0 saturated carbocycles. The number of rotatable bonds is 10. The van der Waals surface area contributed by atoms with Gasteiger partial charge in [0, 0.05) is 32.6 Å². The molecule has 0 aromatic rings. The number of carbonyl (C=O) groups excluding carboxylic acids is 1. The highest BCUT2D eigenvalue weighted by atomic mass is 31.2. The zero-order valence-corrected chi connectivity index (χ0v) is 15.4. The van der Waals surface area contributed by atoms with Gasteiger partial charge in [0.2, 0.25) is 11.8 Å². The molecule has 1 amide bonds. The van der Waals surface area contributed by atoms with E-state index in [0.29, 0.717) is 13.1 Å². The van der Waals surface area contributed by atoms with Crippen molar-refractivity contribution in [2.45, 2.75) is 36.6 Å². The number of amides is 1. The summed E-state index contributed by atoms with van der Waals surface area (Å²) in [6.45, 7) is 0.824. The molecule has 2 radical (unpaired) electrons. The van der Waals surface area contributed by atoms with Gasteiger partial charge in [0.25, 0.3) is 0 Å². The summed E-state index contributed by atoms with van der Waals surface area (Å²) < 4.78 is 40.4. The third kappa shape index (κ3) is 7.30. The average Bonchev–Trinajstić information content (AvgIpc) is 2.78. The van der Waals surface area contributed by atoms with Gasteiger partial charge in [-0.1, -0.05) is 0 Å². The molecule has 12 heteroatoms. The second-order valence-corrected chi connectivity index (χ2v) is 7.77. The number of carbonyl (C=O) groups is 1. The third-order valence-electron chi connectivity index (χ3n) is 3.70. The van der Waals surface area contributed by atoms with Gasteiger partial charge in [0.15, 0.2) is 0 Å². The van der Waals surface area contributed by atoms with E-state index in [4.69, 9.17) is 31.8 Å². The minimum Gasteiger partial charge on any atom is -0.379 e. The van der Waals surface area contributed by atoms with Gasteiger partial charge in [0.05, 0.1) is 6.10 Å². The Kier molecular flexibility index (Phi) is 8.96. The van der Waals surface area contributed by atoms with Crippen LogP contribution in [0.1, 0.15) is 6.42 Å². The first kappa shape index (κ1) is 22.5. The lowest BCUT2D eigenvalue weighted by molar-refractivity contribution is -0.130. The summed E-state index contributed by atoms with van der Waals surface area (Å²) in [6, 6.07) is -1.01. The summed E-state index contributed by atoms with van der Waals surface area (Å²) >= 11 is 0. The molecule has 1 saturated heterocycles. The predicted molar refractivity (Wildman–Crippen MR) is 88.1 cm³/mol. The Balaban J connectivity index is 2.53. The summed E-state index contributed by atoms with van der Waals surface area (Å²) in [7, 11) is 5.93. The van der Waals surface area contributed by atoms with E-state index in [1.165, 1.54) is 7.11 Å². The van der Waals surface area contributed by atoms with Crippen LogP contribution in [0.15, 0.2) is 0 Å². The summed E-state index contributed by atoms with van der Waals surface area (Å²) in [5.74, 6) is -2.75. The maximum Gasteiger partial charge on any atom is 0.359 e. The molecule has 0 aromatic carbocycles. The molecule has 5 atom stereocenters. The van der Waals surface area contributed by atoms with E-state index in [1.54, 1.807) is 0 Å². The van der Waals surface area contributed by atoms with E-state index in [2.05, 4.69) is 5.32 Å². The maximum atomic E-state index is 13.6. The smallest absolute Gasteiger partial charge is 0.359 e. The molecular formula is C13H25BFN2O7P. The summed E-state index contributed by atoms with van der Waals surface area (Å²) in [6.07, 6.45) is -3.30. The highest BCUT2D eigenvalue weighted by Gasteiger charge is 2.46. The van der Waals surface area contributed by atoms with Crippen molar-refractivity contribution in [1.82, 2.24) is 10.2 Å². The largest absolute Gasteiger partial charge is 0.379 e. The number of nitrogens with zero attached hydrogens (tertiary/aromatic N) is 1. The van der Waals surface area contributed by atoms with Crippen LogP contribution in [0.5, 0.6) is 0 Å². The molecule has 1 aliphatic rings. The zero-order valence-electron chi connectivity index (χ0n) is 14.5. The molecule has 1 fully saturated rings. The van der Waals surface area contributed by atoms with Crippen molar-refractivity contribution in [3.8, 4) is 0 Å². The van der Waals surface area contributed by atoms with Crippen LogP contribution in [0, 0.1) is 0 Å². The van der Waals surface area contributed by atoms with Crippen molar-refractivity contribution in [1.29, 1.82) is 0 Å². The second-order valence-electron chi connectivity index (χ2n) is 6.03. The van der Waals surface area contributed by atoms with Gasteiger partial charge in [-0.15, -0.1) is 0 Å². The number of ether oxygens (including phenoxy) is 3. The fourth-order valence-corrected chi connectivity index (χ4v) is 2.87. The molecule has 1 heterocycles. The highest BCUT2D eigenvalue weighted by Crippen LogP contribution is 2.45. The number of alkyl halides is 1. The average molecular weight is 382 g/mol. The van der Waals surface area contributed by atoms with Crippen LogP contribution in [0.3, 0.4) is 0 Å². The fourth-order valence-electron chi connectivity index (χ4n) is 2.39. The van der Waals surface area contributed by atoms with Crippen LogP contribution >= 0.6 is 7.60 Å². The number of halogens is 1. The molecule has 0 aliphatic carbocycles. The Morgan fingerprint density at radius 2 is 2.08 bits per heavy atom. The van der Waals surface area contributed by atoms with Gasteiger partial charge < -0.3 is 34.2 Å². The molecule has 0 aromatic heterocycles. The van der Waals surface area contributed by atoms with E-state index in [1.807, 2.05) is 19.0 Å². The summed E-state index contributed by atoms with van der Waals surface area (Å²) in [5.41, 5.74) is 0. The third-order valence-corrected chi connectivity index (χ3v) is 4.64. The van der Waals surface area contributed by atoms with Gasteiger partial charge in [0.1, 0.15) is 26.7 Å². The Hall–Kier alpha value is -0.545. The molecule has 1 rings (SSSR count). The first-order valence-corrected chi connectivity index (χ1v) is 9.40. The Morgan fingerprint density at radius 3 is 2.60 bits per heavy atom. The molecule has 0 bridgehead atoms.